The van der Waals surface area contributed by atoms with E-state index in [2.05, 4.69) is 4.98 Å². The van der Waals surface area contributed by atoms with Crippen LogP contribution in [0.4, 0.5) is 0 Å². The van der Waals surface area contributed by atoms with Gasteiger partial charge < -0.3 is 9.80 Å². The van der Waals surface area contributed by atoms with Crippen LogP contribution < -0.4 is 0 Å². The zero-order valence-corrected chi connectivity index (χ0v) is 17.6. The molecule has 1 aromatic carbocycles. The standard InChI is InChI=1S/C23H24N4O4/c1-15(2)14-27-22(30)18-6-5-16(12-19(18)23(27)31)20(28)25-8-10-26(11-9-25)21(29)17-4-3-7-24-13-17/h3-7,12-13,15H,8-11,14H2,1-2H3. The summed E-state index contributed by atoms with van der Waals surface area (Å²) in [6.45, 7) is 5.87. The molecule has 0 atom stereocenters. The van der Waals surface area contributed by atoms with Crippen LogP contribution in [0.3, 0.4) is 0 Å². The minimum atomic E-state index is -0.352. The van der Waals surface area contributed by atoms with E-state index in [9.17, 15) is 19.2 Å². The summed E-state index contributed by atoms with van der Waals surface area (Å²) in [5, 5.41) is 0. The van der Waals surface area contributed by atoms with Gasteiger partial charge in [0.2, 0.25) is 0 Å². The van der Waals surface area contributed by atoms with Crippen molar-refractivity contribution in [1.82, 2.24) is 19.7 Å². The van der Waals surface area contributed by atoms with E-state index in [1.165, 1.54) is 17.2 Å². The minimum absolute atomic E-state index is 0.105. The number of pyridine rings is 1. The number of carbonyl (C=O) groups is 4. The normalized spacial score (nSPS) is 16.2. The molecule has 0 spiro atoms. The number of carbonyl (C=O) groups excluding carboxylic acids is 4. The Bertz CT molecular complexity index is 1040. The number of amides is 4. The fourth-order valence-corrected chi connectivity index (χ4v) is 3.92. The first-order chi connectivity index (χ1) is 14.9. The predicted molar refractivity (Wildman–Crippen MR) is 113 cm³/mol. The maximum Gasteiger partial charge on any atom is 0.261 e. The molecule has 0 N–H and O–H groups in total. The van der Waals surface area contributed by atoms with E-state index in [1.807, 2.05) is 13.8 Å². The maximum absolute atomic E-state index is 13.0. The predicted octanol–water partition coefficient (Wildman–Crippen LogP) is 1.93. The lowest BCUT2D eigenvalue weighted by atomic mass is 10.0. The molecular formula is C23H24N4O4. The van der Waals surface area contributed by atoms with Gasteiger partial charge in [0.05, 0.1) is 16.7 Å². The first-order valence-corrected chi connectivity index (χ1v) is 10.4. The van der Waals surface area contributed by atoms with Gasteiger partial charge in [0.1, 0.15) is 0 Å². The Morgan fingerprint density at radius 1 is 0.903 bits per heavy atom. The maximum atomic E-state index is 13.0. The molecule has 160 valence electrons. The zero-order chi connectivity index (χ0) is 22.1. The van der Waals surface area contributed by atoms with Crippen LogP contribution in [0.25, 0.3) is 0 Å². The van der Waals surface area contributed by atoms with Gasteiger partial charge in [-0.1, -0.05) is 13.8 Å². The molecule has 2 aliphatic heterocycles. The summed E-state index contributed by atoms with van der Waals surface area (Å²) in [6, 6.07) is 8.11. The summed E-state index contributed by atoms with van der Waals surface area (Å²) in [5.74, 6) is -0.814. The van der Waals surface area contributed by atoms with E-state index in [0.717, 1.165) is 0 Å². The van der Waals surface area contributed by atoms with Gasteiger partial charge in [-0.3, -0.25) is 29.1 Å². The van der Waals surface area contributed by atoms with Crippen LogP contribution in [-0.2, 0) is 0 Å². The van der Waals surface area contributed by atoms with Crippen molar-refractivity contribution in [1.29, 1.82) is 0 Å². The molecular weight excluding hydrogens is 396 g/mol. The fourth-order valence-electron chi connectivity index (χ4n) is 3.92. The van der Waals surface area contributed by atoms with Gasteiger partial charge in [-0.2, -0.15) is 0 Å². The van der Waals surface area contributed by atoms with Gasteiger partial charge >= 0.3 is 0 Å². The summed E-state index contributed by atoms with van der Waals surface area (Å²) in [6.07, 6.45) is 3.15. The molecule has 0 radical (unpaired) electrons. The number of aromatic nitrogens is 1. The summed E-state index contributed by atoms with van der Waals surface area (Å²) < 4.78 is 0. The van der Waals surface area contributed by atoms with Gasteiger partial charge in [0.25, 0.3) is 23.6 Å². The van der Waals surface area contributed by atoms with Crippen molar-refractivity contribution in [2.24, 2.45) is 5.92 Å². The molecule has 0 unspecified atom stereocenters. The second-order valence-electron chi connectivity index (χ2n) is 8.20. The Balaban J connectivity index is 1.44. The average molecular weight is 420 g/mol. The molecule has 0 saturated carbocycles. The van der Waals surface area contributed by atoms with Crippen molar-refractivity contribution in [2.45, 2.75) is 13.8 Å². The van der Waals surface area contributed by atoms with Gasteiger partial charge in [-0.25, -0.2) is 0 Å². The van der Waals surface area contributed by atoms with Crippen LogP contribution >= 0.6 is 0 Å². The number of piperazine rings is 1. The Morgan fingerprint density at radius 2 is 1.52 bits per heavy atom. The van der Waals surface area contributed by atoms with Gasteiger partial charge in [0, 0.05) is 50.7 Å². The Morgan fingerprint density at radius 3 is 2.10 bits per heavy atom. The monoisotopic (exact) mass is 420 g/mol. The second-order valence-corrected chi connectivity index (χ2v) is 8.20. The average Bonchev–Trinajstić information content (AvgIpc) is 3.02. The highest BCUT2D eigenvalue weighted by molar-refractivity contribution is 6.22. The fraction of sp³-hybridized carbons (Fsp3) is 0.348. The van der Waals surface area contributed by atoms with E-state index in [0.29, 0.717) is 49.4 Å². The summed E-state index contributed by atoms with van der Waals surface area (Å²) >= 11 is 0. The molecule has 1 saturated heterocycles. The molecule has 4 amide bonds. The van der Waals surface area contributed by atoms with Crippen LogP contribution in [-0.4, -0.2) is 76.0 Å². The van der Waals surface area contributed by atoms with Crippen LogP contribution in [0, 0.1) is 5.92 Å². The highest BCUT2D eigenvalue weighted by atomic mass is 16.2. The lowest BCUT2D eigenvalue weighted by molar-refractivity contribution is 0.0535. The third-order valence-corrected chi connectivity index (χ3v) is 5.53. The van der Waals surface area contributed by atoms with Crippen LogP contribution in [0.15, 0.2) is 42.7 Å². The third-order valence-electron chi connectivity index (χ3n) is 5.53. The molecule has 2 aromatic rings. The van der Waals surface area contributed by atoms with Crippen molar-refractivity contribution >= 4 is 23.6 Å². The highest BCUT2D eigenvalue weighted by Crippen LogP contribution is 2.25. The number of nitrogens with zero attached hydrogens (tertiary/aromatic N) is 4. The van der Waals surface area contributed by atoms with E-state index in [4.69, 9.17) is 0 Å². The lowest BCUT2D eigenvalue weighted by Gasteiger charge is -2.34. The van der Waals surface area contributed by atoms with Crippen LogP contribution in [0.2, 0.25) is 0 Å². The summed E-state index contributed by atoms with van der Waals surface area (Å²) in [7, 11) is 0. The third kappa shape index (κ3) is 3.93. The summed E-state index contributed by atoms with van der Waals surface area (Å²) in [4.78, 5) is 59.3. The summed E-state index contributed by atoms with van der Waals surface area (Å²) in [5.41, 5.74) is 1.52. The lowest BCUT2D eigenvalue weighted by Crippen LogP contribution is -2.50. The quantitative estimate of drug-likeness (QED) is 0.705. The highest BCUT2D eigenvalue weighted by Gasteiger charge is 2.36. The molecule has 8 heteroatoms. The van der Waals surface area contributed by atoms with E-state index < -0.39 is 0 Å². The molecule has 8 nitrogen and oxygen atoms in total. The van der Waals surface area contributed by atoms with Crippen molar-refractivity contribution < 1.29 is 19.2 Å². The van der Waals surface area contributed by atoms with Crippen molar-refractivity contribution in [3.63, 3.8) is 0 Å². The van der Waals surface area contributed by atoms with Crippen LogP contribution in [0.5, 0.6) is 0 Å². The number of benzene rings is 1. The van der Waals surface area contributed by atoms with Crippen molar-refractivity contribution in [2.75, 3.05) is 32.7 Å². The first-order valence-electron chi connectivity index (χ1n) is 10.4. The number of imide groups is 1. The van der Waals surface area contributed by atoms with Crippen LogP contribution in [0.1, 0.15) is 55.3 Å². The molecule has 0 bridgehead atoms. The van der Waals surface area contributed by atoms with E-state index in [-0.39, 0.29) is 35.1 Å². The number of hydrogen-bond acceptors (Lipinski definition) is 5. The molecule has 1 fully saturated rings. The first kappa shape index (κ1) is 20.7. The number of rotatable bonds is 4. The van der Waals surface area contributed by atoms with Gasteiger partial charge in [-0.05, 0) is 36.2 Å². The number of hydrogen-bond donors (Lipinski definition) is 0. The van der Waals surface area contributed by atoms with Crippen molar-refractivity contribution in [3.05, 3.63) is 65.0 Å². The molecule has 4 rings (SSSR count). The van der Waals surface area contributed by atoms with Gasteiger partial charge in [0.15, 0.2) is 0 Å². The molecule has 0 aliphatic carbocycles. The van der Waals surface area contributed by atoms with Gasteiger partial charge in [-0.15, -0.1) is 0 Å². The Kier molecular flexibility index (Phi) is 5.54. The SMILES string of the molecule is CC(C)CN1C(=O)c2ccc(C(=O)N3CCN(C(=O)c4cccnc4)CC3)cc2C1=O. The van der Waals surface area contributed by atoms with E-state index >= 15 is 0 Å². The topological polar surface area (TPSA) is 90.9 Å². The molecule has 3 heterocycles. The van der Waals surface area contributed by atoms with E-state index in [1.54, 1.807) is 40.3 Å². The Hall–Kier alpha value is -3.55. The molecule has 1 aromatic heterocycles. The van der Waals surface area contributed by atoms with Crippen molar-refractivity contribution in [3.8, 4) is 0 Å². The minimum Gasteiger partial charge on any atom is -0.335 e. The molecule has 2 aliphatic rings. The Labute approximate surface area is 180 Å². The zero-order valence-electron chi connectivity index (χ0n) is 17.6. The smallest absolute Gasteiger partial charge is 0.261 e. The molecule has 31 heavy (non-hydrogen) atoms. The second kappa shape index (κ2) is 8.29. The number of fused-ring (bicyclic) bond motifs is 1. The largest absolute Gasteiger partial charge is 0.335 e.